The molecule has 0 aromatic heterocycles. The molecule has 5 nitrogen and oxygen atoms in total. The van der Waals surface area contributed by atoms with Crippen molar-refractivity contribution in [2.45, 2.75) is 6.61 Å². The molecule has 1 amide bonds. The van der Waals surface area contributed by atoms with Gasteiger partial charge in [0.05, 0.1) is 18.2 Å². The fraction of sp³-hybridized carbons (Fsp3) is 0.125. The van der Waals surface area contributed by atoms with Gasteiger partial charge in [0.2, 0.25) is 0 Å². The number of rotatable bonds is 5. The zero-order chi connectivity index (χ0) is 15.1. The number of hydrogen-bond donors (Lipinski definition) is 2. The van der Waals surface area contributed by atoms with Gasteiger partial charge in [-0.25, -0.2) is 0 Å². The molecule has 0 aliphatic rings. The minimum atomic E-state index is -0.319. The van der Waals surface area contributed by atoms with Crippen molar-refractivity contribution in [2.24, 2.45) is 0 Å². The molecule has 0 bridgehead atoms. The molecule has 21 heavy (non-hydrogen) atoms. The molecule has 5 heteroatoms. The third-order valence-electron chi connectivity index (χ3n) is 2.82. The van der Waals surface area contributed by atoms with Crippen molar-refractivity contribution in [3.8, 4) is 11.8 Å². The first-order valence-corrected chi connectivity index (χ1v) is 6.34. The number of carbonyl (C=O) groups is 1. The number of carbonyl (C=O) groups excluding carboxylic acids is 1. The molecule has 0 fully saturated rings. The minimum absolute atomic E-state index is 0.146. The molecule has 0 saturated carbocycles. The molecule has 0 unspecified atom stereocenters. The minimum Gasteiger partial charge on any atom is -0.484 e. The van der Waals surface area contributed by atoms with Crippen LogP contribution >= 0.6 is 0 Å². The fourth-order valence-corrected chi connectivity index (χ4v) is 1.74. The van der Waals surface area contributed by atoms with E-state index in [0.717, 1.165) is 0 Å². The van der Waals surface area contributed by atoms with E-state index in [0.29, 0.717) is 22.6 Å². The van der Waals surface area contributed by atoms with Gasteiger partial charge in [-0.15, -0.1) is 0 Å². The molecule has 0 atom stereocenters. The Labute approximate surface area is 122 Å². The number of amides is 1. The Hall–Kier alpha value is -2.84. The molecule has 0 aliphatic heterocycles. The van der Waals surface area contributed by atoms with Crippen molar-refractivity contribution in [1.82, 2.24) is 0 Å². The Balaban J connectivity index is 1.91. The number of ether oxygens (including phenoxy) is 1. The van der Waals surface area contributed by atoms with Crippen LogP contribution in [0, 0.1) is 11.3 Å². The monoisotopic (exact) mass is 282 g/mol. The van der Waals surface area contributed by atoms with Gasteiger partial charge in [-0.3, -0.25) is 4.79 Å². The predicted molar refractivity (Wildman–Crippen MR) is 77.6 cm³/mol. The first kappa shape index (κ1) is 14.6. The van der Waals surface area contributed by atoms with Crippen LogP contribution in [-0.2, 0) is 11.4 Å². The summed E-state index contributed by atoms with van der Waals surface area (Å²) in [6.45, 7) is -0.293. The van der Waals surface area contributed by atoms with E-state index >= 15 is 0 Å². The van der Waals surface area contributed by atoms with Crippen LogP contribution in [0.5, 0.6) is 5.75 Å². The maximum atomic E-state index is 11.8. The van der Waals surface area contributed by atoms with Gasteiger partial charge in [-0.2, -0.15) is 5.26 Å². The molecule has 106 valence electrons. The fourth-order valence-electron chi connectivity index (χ4n) is 1.74. The Morgan fingerprint density at radius 2 is 1.90 bits per heavy atom. The van der Waals surface area contributed by atoms with E-state index in [9.17, 15) is 9.90 Å². The summed E-state index contributed by atoms with van der Waals surface area (Å²) in [6, 6.07) is 15.5. The Morgan fingerprint density at radius 3 is 2.57 bits per heavy atom. The van der Waals surface area contributed by atoms with Gasteiger partial charge in [0.25, 0.3) is 5.91 Å². The summed E-state index contributed by atoms with van der Waals surface area (Å²) in [6.07, 6.45) is 0. The summed E-state index contributed by atoms with van der Waals surface area (Å²) in [5, 5.41) is 20.5. The number of aliphatic hydroxyl groups is 1. The number of para-hydroxylation sites is 1. The number of aliphatic hydroxyl groups excluding tert-OH is 1. The SMILES string of the molecule is N#Cc1ccc(OCC(=O)Nc2ccccc2CO)cc1. The molecular weight excluding hydrogens is 268 g/mol. The van der Waals surface area contributed by atoms with Crippen LogP contribution in [0.25, 0.3) is 0 Å². The normalized spacial score (nSPS) is 9.71. The maximum absolute atomic E-state index is 11.8. The van der Waals surface area contributed by atoms with Crippen LogP contribution in [-0.4, -0.2) is 17.6 Å². The third-order valence-corrected chi connectivity index (χ3v) is 2.82. The van der Waals surface area contributed by atoms with Crippen molar-refractivity contribution >= 4 is 11.6 Å². The second kappa shape index (κ2) is 7.08. The van der Waals surface area contributed by atoms with Crippen LogP contribution < -0.4 is 10.1 Å². The quantitative estimate of drug-likeness (QED) is 0.879. The van der Waals surface area contributed by atoms with Crippen molar-refractivity contribution < 1.29 is 14.6 Å². The average Bonchev–Trinajstić information content (AvgIpc) is 2.54. The Morgan fingerprint density at radius 1 is 1.19 bits per heavy atom. The summed E-state index contributed by atoms with van der Waals surface area (Å²) in [7, 11) is 0. The highest BCUT2D eigenvalue weighted by Gasteiger charge is 2.06. The number of nitriles is 1. The number of benzene rings is 2. The summed E-state index contributed by atoms with van der Waals surface area (Å²) in [4.78, 5) is 11.8. The van der Waals surface area contributed by atoms with Gasteiger partial charge in [0.1, 0.15) is 5.75 Å². The van der Waals surface area contributed by atoms with E-state index in [2.05, 4.69) is 5.32 Å². The molecule has 0 saturated heterocycles. The predicted octanol–water partition coefficient (Wildman–Crippen LogP) is 2.07. The van der Waals surface area contributed by atoms with Crippen molar-refractivity contribution in [2.75, 3.05) is 11.9 Å². The summed E-state index contributed by atoms with van der Waals surface area (Å²) in [5.74, 6) is 0.194. The zero-order valence-corrected chi connectivity index (χ0v) is 11.2. The van der Waals surface area contributed by atoms with E-state index in [1.165, 1.54) is 0 Å². The van der Waals surface area contributed by atoms with Gasteiger partial charge >= 0.3 is 0 Å². The van der Waals surface area contributed by atoms with Gasteiger partial charge in [0.15, 0.2) is 6.61 Å². The molecule has 2 rings (SSSR count). The number of nitrogens with zero attached hydrogens (tertiary/aromatic N) is 1. The molecule has 2 aromatic carbocycles. The number of nitrogens with one attached hydrogen (secondary N) is 1. The van der Waals surface area contributed by atoms with E-state index < -0.39 is 0 Å². The summed E-state index contributed by atoms with van der Waals surface area (Å²) < 4.78 is 5.33. The van der Waals surface area contributed by atoms with Gasteiger partial charge < -0.3 is 15.2 Å². The summed E-state index contributed by atoms with van der Waals surface area (Å²) in [5.41, 5.74) is 1.74. The standard InChI is InChI=1S/C16H14N2O3/c17-9-12-5-7-14(8-6-12)21-11-16(20)18-15-4-2-1-3-13(15)10-19/h1-8,19H,10-11H2,(H,18,20). The number of hydrogen-bond acceptors (Lipinski definition) is 4. The number of anilines is 1. The highest BCUT2D eigenvalue weighted by molar-refractivity contribution is 5.92. The van der Waals surface area contributed by atoms with Crippen LogP contribution in [0.2, 0.25) is 0 Å². The molecular formula is C16H14N2O3. The van der Waals surface area contributed by atoms with Gasteiger partial charge in [0, 0.05) is 11.3 Å². The highest BCUT2D eigenvalue weighted by atomic mass is 16.5. The zero-order valence-electron chi connectivity index (χ0n) is 11.2. The van der Waals surface area contributed by atoms with Crippen molar-refractivity contribution in [3.63, 3.8) is 0 Å². The lowest BCUT2D eigenvalue weighted by atomic mass is 10.2. The van der Waals surface area contributed by atoms with Gasteiger partial charge in [-0.05, 0) is 30.3 Å². The van der Waals surface area contributed by atoms with Crippen LogP contribution in [0.4, 0.5) is 5.69 Å². The van der Waals surface area contributed by atoms with E-state index in [1.54, 1.807) is 48.5 Å². The van der Waals surface area contributed by atoms with Crippen molar-refractivity contribution in [1.29, 1.82) is 5.26 Å². The smallest absolute Gasteiger partial charge is 0.262 e. The Bertz CT molecular complexity index is 660. The largest absolute Gasteiger partial charge is 0.484 e. The van der Waals surface area contributed by atoms with Gasteiger partial charge in [-0.1, -0.05) is 18.2 Å². The molecule has 0 heterocycles. The van der Waals surface area contributed by atoms with E-state index in [1.807, 2.05) is 6.07 Å². The highest BCUT2D eigenvalue weighted by Crippen LogP contribution is 2.15. The maximum Gasteiger partial charge on any atom is 0.262 e. The van der Waals surface area contributed by atoms with Crippen molar-refractivity contribution in [3.05, 3.63) is 59.7 Å². The molecule has 0 spiro atoms. The van der Waals surface area contributed by atoms with E-state index in [4.69, 9.17) is 10.00 Å². The molecule has 0 aliphatic carbocycles. The second-order valence-electron chi connectivity index (χ2n) is 4.29. The second-order valence-corrected chi connectivity index (χ2v) is 4.29. The molecule has 0 radical (unpaired) electrons. The van der Waals surface area contributed by atoms with Crippen LogP contribution in [0.15, 0.2) is 48.5 Å². The van der Waals surface area contributed by atoms with Crippen LogP contribution in [0.1, 0.15) is 11.1 Å². The lowest BCUT2D eigenvalue weighted by Crippen LogP contribution is -2.20. The first-order chi connectivity index (χ1) is 10.2. The topological polar surface area (TPSA) is 82.3 Å². The third kappa shape index (κ3) is 4.06. The lowest BCUT2D eigenvalue weighted by Gasteiger charge is -2.10. The van der Waals surface area contributed by atoms with E-state index in [-0.39, 0.29) is 19.1 Å². The summed E-state index contributed by atoms with van der Waals surface area (Å²) >= 11 is 0. The van der Waals surface area contributed by atoms with Crippen LogP contribution in [0.3, 0.4) is 0 Å². The molecule has 2 aromatic rings. The average molecular weight is 282 g/mol. The Kier molecular flexibility index (Phi) is 4.91. The lowest BCUT2D eigenvalue weighted by molar-refractivity contribution is -0.118. The first-order valence-electron chi connectivity index (χ1n) is 6.34. The molecule has 2 N–H and O–H groups in total.